The third-order valence-electron chi connectivity index (χ3n) is 2.61. The largest absolute Gasteiger partial charge is 0.203 e. The predicted molar refractivity (Wildman–Crippen MR) is 66.4 cm³/mol. The Kier molecular flexibility index (Phi) is 3.75. The number of hydrogen-bond acceptors (Lipinski definition) is 4. The normalized spacial score (nSPS) is 10.5. The Morgan fingerprint density at radius 2 is 1.59 bits per heavy atom. The highest BCUT2D eigenvalue weighted by molar-refractivity contribution is 5.54. The monoisotopic (exact) mass is 228 g/mol. The van der Waals surface area contributed by atoms with Crippen LogP contribution in [0.15, 0.2) is 24.3 Å². The van der Waals surface area contributed by atoms with Gasteiger partial charge in [0, 0.05) is 5.56 Å². The SMILES string of the molecule is CCCCc1ccc(-c2nnc(C)nn2)cc1. The number of rotatable bonds is 4. The molecule has 4 nitrogen and oxygen atoms in total. The molecule has 0 aliphatic heterocycles. The summed E-state index contributed by atoms with van der Waals surface area (Å²) in [6.45, 7) is 3.98. The molecule has 88 valence electrons. The van der Waals surface area contributed by atoms with E-state index in [9.17, 15) is 0 Å². The zero-order chi connectivity index (χ0) is 12.1. The van der Waals surface area contributed by atoms with Crippen LogP contribution < -0.4 is 0 Å². The van der Waals surface area contributed by atoms with E-state index in [-0.39, 0.29) is 0 Å². The van der Waals surface area contributed by atoms with Crippen LogP contribution in [0.2, 0.25) is 0 Å². The number of unbranched alkanes of at least 4 members (excludes halogenated alkanes) is 1. The van der Waals surface area contributed by atoms with Gasteiger partial charge in [-0.2, -0.15) is 0 Å². The highest BCUT2D eigenvalue weighted by Gasteiger charge is 2.02. The summed E-state index contributed by atoms with van der Waals surface area (Å²) in [6, 6.07) is 8.29. The van der Waals surface area contributed by atoms with Crippen LogP contribution in [0.3, 0.4) is 0 Å². The summed E-state index contributed by atoms with van der Waals surface area (Å²) in [4.78, 5) is 0. The Morgan fingerprint density at radius 1 is 0.941 bits per heavy atom. The molecule has 1 aromatic heterocycles. The van der Waals surface area contributed by atoms with Crippen molar-refractivity contribution in [2.75, 3.05) is 0 Å². The molecule has 0 bridgehead atoms. The summed E-state index contributed by atoms with van der Waals surface area (Å²) in [5.74, 6) is 1.17. The van der Waals surface area contributed by atoms with Gasteiger partial charge in [0.05, 0.1) is 0 Å². The van der Waals surface area contributed by atoms with Crippen molar-refractivity contribution in [3.8, 4) is 11.4 Å². The van der Waals surface area contributed by atoms with Crippen LogP contribution in [0.4, 0.5) is 0 Å². The lowest BCUT2D eigenvalue weighted by Gasteiger charge is -2.02. The first-order valence-corrected chi connectivity index (χ1v) is 5.93. The summed E-state index contributed by atoms with van der Waals surface area (Å²) in [6.07, 6.45) is 3.57. The van der Waals surface area contributed by atoms with Crippen molar-refractivity contribution >= 4 is 0 Å². The van der Waals surface area contributed by atoms with E-state index >= 15 is 0 Å². The van der Waals surface area contributed by atoms with Gasteiger partial charge in [0.25, 0.3) is 0 Å². The van der Waals surface area contributed by atoms with Crippen molar-refractivity contribution in [1.82, 2.24) is 20.4 Å². The van der Waals surface area contributed by atoms with Gasteiger partial charge >= 0.3 is 0 Å². The minimum atomic E-state index is 0.581. The van der Waals surface area contributed by atoms with Gasteiger partial charge in [-0.3, -0.25) is 0 Å². The first-order valence-electron chi connectivity index (χ1n) is 5.93. The van der Waals surface area contributed by atoms with E-state index in [1.165, 1.54) is 18.4 Å². The smallest absolute Gasteiger partial charge is 0.131 e. The molecule has 0 saturated heterocycles. The fraction of sp³-hybridized carbons (Fsp3) is 0.385. The maximum atomic E-state index is 4.02. The zero-order valence-corrected chi connectivity index (χ0v) is 10.2. The summed E-state index contributed by atoms with van der Waals surface area (Å²) in [7, 11) is 0. The minimum Gasteiger partial charge on any atom is -0.131 e. The van der Waals surface area contributed by atoms with Crippen LogP contribution in [0, 0.1) is 6.92 Å². The Bertz CT molecular complexity index is 462. The topological polar surface area (TPSA) is 51.6 Å². The molecular weight excluding hydrogens is 212 g/mol. The lowest BCUT2D eigenvalue weighted by atomic mass is 10.1. The zero-order valence-electron chi connectivity index (χ0n) is 10.2. The molecule has 4 heteroatoms. The molecule has 0 radical (unpaired) electrons. The second kappa shape index (κ2) is 5.48. The van der Waals surface area contributed by atoms with E-state index in [0.717, 1.165) is 12.0 Å². The molecule has 2 aromatic rings. The number of hydrogen-bond donors (Lipinski definition) is 0. The van der Waals surface area contributed by atoms with Gasteiger partial charge in [-0.1, -0.05) is 37.6 Å². The highest BCUT2D eigenvalue weighted by Crippen LogP contribution is 2.15. The second-order valence-corrected chi connectivity index (χ2v) is 4.07. The van der Waals surface area contributed by atoms with E-state index in [1.807, 2.05) is 12.1 Å². The molecular formula is C13H16N4. The molecule has 0 saturated carbocycles. The Balaban J connectivity index is 2.14. The minimum absolute atomic E-state index is 0.581. The Hall–Kier alpha value is -1.84. The van der Waals surface area contributed by atoms with Gasteiger partial charge in [-0.15, -0.1) is 20.4 Å². The van der Waals surface area contributed by atoms with E-state index < -0.39 is 0 Å². The molecule has 1 heterocycles. The first-order chi connectivity index (χ1) is 8.29. The number of aryl methyl sites for hydroxylation is 2. The molecule has 0 fully saturated rings. The lowest BCUT2D eigenvalue weighted by Crippen LogP contribution is -1.98. The molecule has 0 aliphatic rings. The molecule has 1 aromatic carbocycles. The summed E-state index contributed by atoms with van der Waals surface area (Å²) in [5, 5.41) is 15.8. The molecule has 0 spiro atoms. The van der Waals surface area contributed by atoms with Crippen molar-refractivity contribution in [2.24, 2.45) is 0 Å². The molecule has 0 amide bonds. The van der Waals surface area contributed by atoms with Crippen LogP contribution in [-0.2, 0) is 6.42 Å². The van der Waals surface area contributed by atoms with Gasteiger partial charge in [-0.05, 0) is 25.3 Å². The summed E-state index contributed by atoms with van der Waals surface area (Å²) in [5.41, 5.74) is 2.31. The van der Waals surface area contributed by atoms with Crippen LogP contribution >= 0.6 is 0 Å². The van der Waals surface area contributed by atoms with Crippen LogP contribution in [0.25, 0.3) is 11.4 Å². The third kappa shape index (κ3) is 3.06. The first kappa shape index (κ1) is 11.6. The number of aromatic nitrogens is 4. The van der Waals surface area contributed by atoms with Crippen molar-refractivity contribution in [2.45, 2.75) is 33.1 Å². The van der Waals surface area contributed by atoms with Gasteiger partial charge in [0.15, 0.2) is 5.82 Å². The average molecular weight is 228 g/mol. The van der Waals surface area contributed by atoms with Crippen LogP contribution in [0.5, 0.6) is 0 Å². The lowest BCUT2D eigenvalue weighted by molar-refractivity contribution is 0.794. The number of nitrogens with zero attached hydrogens (tertiary/aromatic N) is 4. The molecule has 17 heavy (non-hydrogen) atoms. The quantitative estimate of drug-likeness (QED) is 0.807. The maximum Gasteiger partial charge on any atom is 0.203 e. The summed E-state index contributed by atoms with van der Waals surface area (Å²) >= 11 is 0. The fourth-order valence-corrected chi connectivity index (χ4v) is 1.60. The fourth-order valence-electron chi connectivity index (χ4n) is 1.60. The third-order valence-corrected chi connectivity index (χ3v) is 2.61. The van der Waals surface area contributed by atoms with Crippen LogP contribution in [0.1, 0.15) is 31.2 Å². The highest BCUT2D eigenvalue weighted by atomic mass is 15.3. The van der Waals surface area contributed by atoms with Gasteiger partial charge in [-0.25, -0.2) is 0 Å². The molecule has 0 aliphatic carbocycles. The Labute approximate surface area is 101 Å². The van der Waals surface area contributed by atoms with Crippen molar-refractivity contribution in [1.29, 1.82) is 0 Å². The summed E-state index contributed by atoms with van der Waals surface area (Å²) < 4.78 is 0. The molecule has 0 N–H and O–H groups in total. The van der Waals surface area contributed by atoms with E-state index in [2.05, 4.69) is 39.5 Å². The van der Waals surface area contributed by atoms with Gasteiger partial charge in [0.2, 0.25) is 5.82 Å². The predicted octanol–water partition coefficient (Wildman–Crippen LogP) is 2.58. The van der Waals surface area contributed by atoms with Crippen molar-refractivity contribution in [3.05, 3.63) is 35.7 Å². The molecule has 2 rings (SSSR count). The molecule has 0 unspecified atom stereocenters. The van der Waals surface area contributed by atoms with E-state index in [4.69, 9.17) is 0 Å². The second-order valence-electron chi connectivity index (χ2n) is 4.07. The standard InChI is InChI=1S/C13H16N4/c1-3-4-5-11-6-8-12(9-7-11)13-16-14-10(2)15-17-13/h6-9H,3-5H2,1-2H3. The van der Waals surface area contributed by atoms with Crippen LogP contribution in [-0.4, -0.2) is 20.4 Å². The average Bonchev–Trinajstić information content (AvgIpc) is 2.38. The Morgan fingerprint density at radius 3 is 2.18 bits per heavy atom. The molecule has 0 atom stereocenters. The maximum absolute atomic E-state index is 4.02. The van der Waals surface area contributed by atoms with Crippen molar-refractivity contribution in [3.63, 3.8) is 0 Å². The van der Waals surface area contributed by atoms with Gasteiger partial charge < -0.3 is 0 Å². The van der Waals surface area contributed by atoms with Crippen molar-refractivity contribution < 1.29 is 0 Å². The number of benzene rings is 1. The van der Waals surface area contributed by atoms with E-state index in [1.54, 1.807) is 6.92 Å². The van der Waals surface area contributed by atoms with Gasteiger partial charge in [0.1, 0.15) is 0 Å². The van der Waals surface area contributed by atoms with E-state index in [0.29, 0.717) is 11.6 Å².